The molecule has 3 heteroatoms. The molecule has 0 saturated carbocycles. The van der Waals surface area contributed by atoms with Gasteiger partial charge in [0.05, 0.1) is 0 Å². The molecule has 0 aromatic rings. The number of halogens is 2. The Morgan fingerprint density at radius 1 is 1.50 bits per heavy atom. The van der Waals surface area contributed by atoms with Crippen LogP contribution in [0.5, 0.6) is 0 Å². The zero-order valence-electron chi connectivity index (χ0n) is 4.05. The van der Waals surface area contributed by atoms with Gasteiger partial charge in [0.2, 0.25) is 0 Å². The number of allylic oxidation sites excluding steroid dienone is 4. The summed E-state index contributed by atoms with van der Waals surface area (Å²) >= 11 is 6.64. The molecule has 0 bridgehead atoms. The molecular weight excluding hydrogens is 321 g/mol. The van der Waals surface area contributed by atoms with E-state index in [1.54, 1.807) is 0 Å². The van der Waals surface area contributed by atoms with Gasteiger partial charge in [-0.15, -0.1) is 6.42 Å². The van der Waals surface area contributed by atoms with E-state index in [1.165, 1.54) is 0 Å². The van der Waals surface area contributed by atoms with Crippen LogP contribution >= 0.6 is 27.2 Å². The third-order valence-corrected chi connectivity index (χ3v) is 0.586. The summed E-state index contributed by atoms with van der Waals surface area (Å²) in [5.74, 6) is 0. The van der Waals surface area contributed by atoms with E-state index >= 15 is 0 Å². The van der Waals surface area contributed by atoms with E-state index in [0.29, 0.717) is 13.2 Å². The van der Waals surface area contributed by atoms with Gasteiger partial charge in [-0.05, 0) is 0 Å². The zero-order valence-corrected chi connectivity index (χ0v) is 8.96. The Kier molecular flexibility index (Phi) is 9.14. The number of hydrogen-bond acceptors (Lipinski definition) is 0. The molecule has 0 N–H and O–H groups in total. The molecule has 1 aliphatic rings. The molecule has 0 aromatic heterocycles. The Bertz CT molecular complexity index is 78.4. The third-order valence-electron chi connectivity index (χ3n) is 0.586. The van der Waals surface area contributed by atoms with Gasteiger partial charge in [0.1, 0.15) is 0 Å². The summed E-state index contributed by atoms with van der Waals surface area (Å²) < 4.78 is 0. The number of hydrogen-bond donors (Lipinski definition) is 0. The molecule has 48 valence electrons. The van der Waals surface area contributed by atoms with Crippen molar-refractivity contribution in [1.82, 2.24) is 0 Å². The fraction of sp³-hybridized carbons (Fsp3) is 0.200. The van der Waals surface area contributed by atoms with Crippen LogP contribution in [0.3, 0.4) is 0 Å². The Morgan fingerprint density at radius 2 is 2.12 bits per heavy atom. The van der Waals surface area contributed by atoms with Crippen molar-refractivity contribution in [2.45, 2.75) is 6.42 Å². The molecular formula is C5H5Br2Ru-. The van der Waals surface area contributed by atoms with Crippen molar-refractivity contribution in [3.63, 3.8) is 0 Å². The second kappa shape index (κ2) is 8.06. The minimum atomic E-state index is 0.335. The largest absolute Gasteiger partial charge is 0.273 e. The molecule has 0 atom stereocenters. The van der Waals surface area contributed by atoms with Gasteiger partial charge in [-0.25, -0.2) is 12.2 Å². The summed E-state index contributed by atoms with van der Waals surface area (Å²) in [6.07, 6.45) is 10.0. The van der Waals surface area contributed by atoms with Gasteiger partial charge in [-0.2, -0.15) is 6.08 Å². The fourth-order valence-corrected chi connectivity index (χ4v) is 0.340. The van der Waals surface area contributed by atoms with Crippen LogP contribution in [0.2, 0.25) is 0 Å². The molecule has 0 spiro atoms. The van der Waals surface area contributed by atoms with E-state index in [0.717, 1.165) is 6.42 Å². The SMILES string of the molecule is [Br][Ru][Br].[C-]1=CC=CC1. The monoisotopic (exact) mass is 325 g/mol. The average Bonchev–Trinajstić information content (AvgIpc) is 2.17. The van der Waals surface area contributed by atoms with E-state index in [4.69, 9.17) is 0 Å². The summed E-state index contributed by atoms with van der Waals surface area (Å²) in [5.41, 5.74) is 0. The second-order valence-corrected chi connectivity index (χ2v) is 9.07. The van der Waals surface area contributed by atoms with E-state index in [9.17, 15) is 0 Å². The molecule has 1 aliphatic carbocycles. The predicted octanol–water partition coefficient (Wildman–Crippen LogP) is 2.99. The van der Waals surface area contributed by atoms with Crippen LogP contribution in [-0.2, 0) is 13.2 Å². The first-order valence-corrected chi connectivity index (χ1v) is 9.93. The Hall–Kier alpha value is 1.06. The maximum absolute atomic E-state index is 3.15. The van der Waals surface area contributed by atoms with Crippen molar-refractivity contribution in [3.05, 3.63) is 24.3 Å². The molecule has 0 amide bonds. The van der Waals surface area contributed by atoms with E-state index < -0.39 is 0 Å². The summed E-state index contributed by atoms with van der Waals surface area (Å²) in [4.78, 5) is 0. The van der Waals surface area contributed by atoms with Crippen LogP contribution in [0.4, 0.5) is 0 Å². The Morgan fingerprint density at radius 3 is 2.25 bits per heavy atom. The summed E-state index contributed by atoms with van der Waals surface area (Å²) in [6, 6.07) is 0. The van der Waals surface area contributed by atoms with Crippen LogP contribution in [0, 0.1) is 6.08 Å². The van der Waals surface area contributed by atoms with Gasteiger partial charge >= 0.3 is 40.5 Å². The summed E-state index contributed by atoms with van der Waals surface area (Å²) in [7, 11) is 0. The van der Waals surface area contributed by atoms with Crippen LogP contribution in [-0.4, -0.2) is 0 Å². The van der Waals surface area contributed by atoms with Gasteiger partial charge < -0.3 is 0 Å². The smallest absolute Gasteiger partial charge is 0.109 e. The molecule has 1 rings (SSSR count). The Balaban J connectivity index is 0.000000145. The van der Waals surface area contributed by atoms with Crippen molar-refractivity contribution in [2.24, 2.45) is 0 Å². The zero-order chi connectivity index (χ0) is 6.24. The van der Waals surface area contributed by atoms with Crippen LogP contribution in [0.15, 0.2) is 18.2 Å². The quantitative estimate of drug-likeness (QED) is 0.474. The van der Waals surface area contributed by atoms with E-state index in [1.807, 2.05) is 12.2 Å². The molecule has 0 aliphatic heterocycles. The topological polar surface area (TPSA) is 0 Å². The van der Waals surface area contributed by atoms with Crippen LogP contribution < -0.4 is 0 Å². The molecule has 0 radical (unpaired) electrons. The first kappa shape index (κ1) is 9.06. The molecule has 0 nitrogen and oxygen atoms in total. The minimum absolute atomic E-state index is 0.335. The van der Waals surface area contributed by atoms with Gasteiger partial charge in [-0.1, -0.05) is 0 Å². The number of rotatable bonds is 0. The second-order valence-electron chi connectivity index (χ2n) is 1.05. The minimum Gasteiger partial charge on any atom is -0.273 e. The first-order chi connectivity index (χ1) is 3.91. The average molecular weight is 326 g/mol. The molecule has 0 aromatic carbocycles. The summed E-state index contributed by atoms with van der Waals surface area (Å²) in [6.45, 7) is 0. The van der Waals surface area contributed by atoms with Gasteiger partial charge in [0.15, 0.2) is 0 Å². The molecule has 0 unspecified atom stereocenters. The van der Waals surface area contributed by atoms with E-state index in [2.05, 4.69) is 39.4 Å². The van der Waals surface area contributed by atoms with Crippen molar-refractivity contribution in [3.8, 4) is 0 Å². The van der Waals surface area contributed by atoms with Gasteiger partial charge in [-0.3, -0.25) is 6.08 Å². The van der Waals surface area contributed by atoms with E-state index in [-0.39, 0.29) is 0 Å². The molecule has 0 heterocycles. The standard InChI is InChI=1S/C5H5.2BrH.Ru/c1-2-4-5-3-1;;;/h1-3H,4H2;2*1H;/q-1;;;+2/p-2. The Labute approximate surface area is 70.7 Å². The van der Waals surface area contributed by atoms with Crippen molar-refractivity contribution >= 4 is 27.2 Å². The first-order valence-electron chi connectivity index (χ1n) is 1.98. The summed E-state index contributed by atoms with van der Waals surface area (Å²) in [5, 5.41) is 0. The normalized spacial score (nSPS) is 13.8. The molecule has 0 fully saturated rings. The third kappa shape index (κ3) is 7.06. The van der Waals surface area contributed by atoms with Gasteiger partial charge in [0, 0.05) is 0 Å². The van der Waals surface area contributed by atoms with Crippen molar-refractivity contribution in [1.29, 1.82) is 0 Å². The van der Waals surface area contributed by atoms with Crippen LogP contribution in [0.1, 0.15) is 6.42 Å². The van der Waals surface area contributed by atoms with Crippen molar-refractivity contribution < 1.29 is 13.2 Å². The fourth-order valence-electron chi connectivity index (χ4n) is 0.340. The predicted molar refractivity (Wildman–Crippen MR) is 39.4 cm³/mol. The van der Waals surface area contributed by atoms with Crippen molar-refractivity contribution in [2.75, 3.05) is 0 Å². The van der Waals surface area contributed by atoms with Gasteiger partial charge in [0.25, 0.3) is 0 Å². The maximum Gasteiger partial charge on any atom is -0.109 e. The maximum atomic E-state index is 3.15. The molecule has 0 saturated heterocycles. The molecule has 8 heavy (non-hydrogen) atoms. The van der Waals surface area contributed by atoms with Crippen LogP contribution in [0.25, 0.3) is 0 Å².